The zero-order valence-electron chi connectivity index (χ0n) is 13.1. The van der Waals surface area contributed by atoms with Gasteiger partial charge >= 0.3 is 0 Å². The van der Waals surface area contributed by atoms with Gasteiger partial charge in [0, 0.05) is 18.4 Å². The maximum absolute atomic E-state index is 12.1. The van der Waals surface area contributed by atoms with E-state index in [2.05, 4.69) is 25.2 Å². The standard InChI is InChI=1S/C18H22N2O/c1-13-8-10-16(11-9-13)19-18(21)12-20(4)17-7-5-6-14(2)15(17)3/h5-11H,12H2,1-4H3,(H,19,21). The normalized spacial score (nSPS) is 10.3. The van der Waals surface area contributed by atoms with Crippen molar-refractivity contribution in [2.75, 3.05) is 23.8 Å². The summed E-state index contributed by atoms with van der Waals surface area (Å²) in [6.45, 7) is 6.52. The first-order valence-corrected chi connectivity index (χ1v) is 7.11. The molecule has 0 aliphatic heterocycles. The van der Waals surface area contributed by atoms with Crippen LogP contribution in [0.15, 0.2) is 42.5 Å². The number of amides is 1. The van der Waals surface area contributed by atoms with E-state index in [1.165, 1.54) is 16.7 Å². The third kappa shape index (κ3) is 3.85. The van der Waals surface area contributed by atoms with Gasteiger partial charge in [-0.3, -0.25) is 4.79 Å². The Kier molecular flexibility index (Phi) is 4.63. The van der Waals surface area contributed by atoms with Crippen LogP contribution in [-0.4, -0.2) is 19.5 Å². The number of nitrogens with one attached hydrogen (secondary N) is 1. The van der Waals surface area contributed by atoms with Crippen molar-refractivity contribution in [3.05, 3.63) is 59.2 Å². The highest BCUT2D eigenvalue weighted by molar-refractivity contribution is 5.94. The molecule has 0 saturated carbocycles. The summed E-state index contributed by atoms with van der Waals surface area (Å²) in [5.74, 6) is -0.0118. The quantitative estimate of drug-likeness (QED) is 0.927. The van der Waals surface area contributed by atoms with Crippen LogP contribution in [-0.2, 0) is 4.79 Å². The van der Waals surface area contributed by atoms with Gasteiger partial charge in [-0.15, -0.1) is 0 Å². The highest BCUT2D eigenvalue weighted by Crippen LogP contribution is 2.21. The Morgan fingerprint density at radius 1 is 1.05 bits per heavy atom. The molecule has 1 amide bonds. The SMILES string of the molecule is Cc1ccc(NC(=O)CN(C)c2cccc(C)c2C)cc1. The van der Waals surface area contributed by atoms with E-state index in [1.807, 2.05) is 55.3 Å². The molecule has 0 bridgehead atoms. The lowest BCUT2D eigenvalue weighted by atomic mass is 10.1. The van der Waals surface area contributed by atoms with Crippen LogP contribution in [0, 0.1) is 20.8 Å². The first kappa shape index (κ1) is 15.1. The van der Waals surface area contributed by atoms with Crippen LogP contribution in [0.25, 0.3) is 0 Å². The molecule has 0 aromatic heterocycles. The summed E-state index contributed by atoms with van der Waals surface area (Å²) < 4.78 is 0. The third-order valence-corrected chi connectivity index (χ3v) is 3.70. The topological polar surface area (TPSA) is 32.3 Å². The van der Waals surface area contributed by atoms with Crippen molar-refractivity contribution in [2.24, 2.45) is 0 Å². The Labute approximate surface area is 126 Å². The summed E-state index contributed by atoms with van der Waals surface area (Å²) >= 11 is 0. The summed E-state index contributed by atoms with van der Waals surface area (Å²) in [7, 11) is 1.94. The fraction of sp³-hybridized carbons (Fsp3) is 0.278. The van der Waals surface area contributed by atoms with Gasteiger partial charge in [0.1, 0.15) is 0 Å². The van der Waals surface area contributed by atoms with Gasteiger partial charge in [0.05, 0.1) is 6.54 Å². The van der Waals surface area contributed by atoms with Crippen LogP contribution in [0.3, 0.4) is 0 Å². The van der Waals surface area contributed by atoms with Crippen LogP contribution in [0.4, 0.5) is 11.4 Å². The Bertz CT molecular complexity index is 632. The summed E-state index contributed by atoms with van der Waals surface area (Å²) in [6, 6.07) is 14.0. The molecule has 2 rings (SSSR count). The number of benzene rings is 2. The van der Waals surface area contributed by atoms with Crippen LogP contribution < -0.4 is 10.2 Å². The molecule has 0 unspecified atom stereocenters. The van der Waals surface area contributed by atoms with Gasteiger partial charge in [-0.2, -0.15) is 0 Å². The Morgan fingerprint density at radius 3 is 2.38 bits per heavy atom. The maximum atomic E-state index is 12.1. The molecule has 21 heavy (non-hydrogen) atoms. The van der Waals surface area contributed by atoms with Gasteiger partial charge in [0.25, 0.3) is 0 Å². The average Bonchev–Trinajstić information content (AvgIpc) is 2.44. The van der Waals surface area contributed by atoms with E-state index in [4.69, 9.17) is 0 Å². The number of aryl methyl sites for hydroxylation is 2. The summed E-state index contributed by atoms with van der Waals surface area (Å²) in [4.78, 5) is 14.1. The second-order valence-electron chi connectivity index (χ2n) is 5.49. The molecular weight excluding hydrogens is 260 g/mol. The number of anilines is 2. The molecule has 2 aromatic carbocycles. The van der Waals surface area contributed by atoms with Gasteiger partial charge in [-0.05, 0) is 50.1 Å². The molecule has 0 aliphatic rings. The monoisotopic (exact) mass is 282 g/mol. The van der Waals surface area contributed by atoms with E-state index >= 15 is 0 Å². The molecule has 3 heteroatoms. The second-order valence-corrected chi connectivity index (χ2v) is 5.49. The van der Waals surface area contributed by atoms with Crippen molar-refractivity contribution >= 4 is 17.3 Å². The van der Waals surface area contributed by atoms with Crippen molar-refractivity contribution in [3.8, 4) is 0 Å². The Hall–Kier alpha value is -2.29. The van der Waals surface area contributed by atoms with Crippen LogP contribution in [0.5, 0.6) is 0 Å². The summed E-state index contributed by atoms with van der Waals surface area (Å²) in [6.07, 6.45) is 0. The smallest absolute Gasteiger partial charge is 0.243 e. The zero-order chi connectivity index (χ0) is 15.4. The first-order valence-electron chi connectivity index (χ1n) is 7.11. The largest absolute Gasteiger partial charge is 0.365 e. The van der Waals surface area contributed by atoms with Crippen molar-refractivity contribution in [1.29, 1.82) is 0 Å². The average molecular weight is 282 g/mol. The minimum atomic E-state index is -0.0118. The molecule has 0 atom stereocenters. The molecular formula is C18H22N2O. The van der Waals surface area contributed by atoms with E-state index in [1.54, 1.807) is 0 Å². The van der Waals surface area contributed by atoms with Crippen molar-refractivity contribution in [1.82, 2.24) is 0 Å². The molecule has 3 nitrogen and oxygen atoms in total. The predicted octanol–water partition coefficient (Wildman–Crippen LogP) is 3.69. The molecule has 0 spiro atoms. The molecule has 0 heterocycles. The Balaban J connectivity index is 2.02. The highest BCUT2D eigenvalue weighted by Gasteiger charge is 2.10. The zero-order valence-corrected chi connectivity index (χ0v) is 13.1. The van der Waals surface area contributed by atoms with E-state index < -0.39 is 0 Å². The lowest BCUT2D eigenvalue weighted by molar-refractivity contribution is -0.114. The lowest BCUT2D eigenvalue weighted by Crippen LogP contribution is -2.30. The van der Waals surface area contributed by atoms with Crippen LogP contribution in [0.1, 0.15) is 16.7 Å². The number of hydrogen-bond donors (Lipinski definition) is 1. The van der Waals surface area contributed by atoms with E-state index in [0.717, 1.165) is 11.4 Å². The predicted molar refractivity (Wildman–Crippen MR) is 89.0 cm³/mol. The minimum Gasteiger partial charge on any atom is -0.365 e. The molecule has 110 valence electrons. The number of carbonyl (C=O) groups is 1. The third-order valence-electron chi connectivity index (χ3n) is 3.70. The second kappa shape index (κ2) is 6.44. The van der Waals surface area contributed by atoms with Gasteiger partial charge < -0.3 is 10.2 Å². The van der Waals surface area contributed by atoms with Gasteiger partial charge in [0.15, 0.2) is 0 Å². The number of hydrogen-bond acceptors (Lipinski definition) is 2. The molecule has 0 radical (unpaired) electrons. The molecule has 2 aromatic rings. The van der Waals surface area contributed by atoms with E-state index in [9.17, 15) is 4.79 Å². The number of carbonyl (C=O) groups excluding carboxylic acids is 1. The molecule has 0 saturated heterocycles. The molecule has 0 aliphatic carbocycles. The van der Waals surface area contributed by atoms with Gasteiger partial charge in [-0.25, -0.2) is 0 Å². The number of likely N-dealkylation sites (N-methyl/N-ethyl adjacent to an activating group) is 1. The maximum Gasteiger partial charge on any atom is 0.243 e. The summed E-state index contributed by atoms with van der Waals surface area (Å²) in [5.41, 5.74) is 5.55. The fourth-order valence-electron chi connectivity index (χ4n) is 2.29. The summed E-state index contributed by atoms with van der Waals surface area (Å²) in [5, 5.41) is 2.92. The highest BCUT2D eigenvalue weighted by atomic mass is 16.2. The van der Waals surface area contributed by atoms with Crippen molar-refractivity contribution in [2.45, 2.75) is 20.8 Å². The number of rotatable bonds is 4. The van der Waals surface area contributed by atoms with E-state index in [-0.39, 0.29) is 5.91 Å². The van der Waals surface area contributed by atoms with Crippen molar-refractivity contribution < 1.29 is 4.79 Å². The number of nitrogens with zero attached hydrogens (tertiary/aromatic N) is 1. The first-order chi connectivity index (χ1) is 9.97. The van der Waals surface area contributed by atoms with E-state index in [0.29, 0.717) is 6.54 Å². The molecule has 1 N–H and O–H groups in total. The molecule has 0 fully saturated rings. The van der Waals surface area contributed by atoms with Crippen molar-refractivity contribution in [3.63, 3.8) is 0 Å². The fourth-order valence-corrected chi connectivity index (χ4v) is 2.29. The van der Waals surface area contributed by atoms with Gasteiger partial charge in [0.2, 0.25) is 5.91 Å². The van der Waals surface area contributed by atoms with Crippen LogP contribution >= 0.6 is 0 Å². The lowest BCUT2D eigenvalue weighted by Gasteiger charge is -2.22. The minimum absolute atomic E-state index is 0.0118. The van der Waals surface area contributed by atoms with Gasteiger partial charge in [-0.1, -0.05) is 29.8 Å². The Morgan fingerprint density at radius 2 is 1.71 bits per heavy atom. The van der Waals surface area contributed by atoms with Crippen LogP contribution in [0.2, 0.25) is 0 Å².